The number of amides is 1. The molecular weight excluding hydrogens is 374 g/mol. The normalized spacial score (nSPS) is 11.6. The molecule has 0 saturated heterocycles. The zero-order valence-electron chi connectivity index (χ0n) is 12.4. The number of ether oxygens (including phenoxy) is 2. The van der Waals surface area contributed by atoms with E-state index in [9.17, 15) is 14.4 Å². The van der Waals surface area contributed by atoms with Crippen LogP contribution in [-0.2, 0) is 19.1 Å². The summed E-state index contributed by atoms with van der Waals surface area (Å²) in [6, 6.07) is 2.52. The monoisotopic (exact) mass is 391 g/mol. The molecule has 1 rings (SSSR count). The van der Waals surface area contributed by atoms with Gasteiger partial charge in [-0.15, -0.1) is 11.3 Å². The van der Waals surface area contributed by atoms with Crippen LogP contribution in [0.4, 0.5) is 0 Å². The first-order valence-corrected chi connectivity index (χ1v) is 8.47. The van der Waals surface area contributed by atoms with E-state index >= 15 is 0 Å². The summed E-state index contributed by atoms with van der Waals surface area (Å²) in [4.78, 5) is 35.9. The molecule has 1 aromatic heterocycles. The van der Waals surface area contributed by atoms with Crippen molar-refractivity contribution in [2.45, 2.75) is 32.7 Å². The maximum absolute atomic E-state index is 12.1. The molecule has 0 aliphatic carbocycles. The van der Waals surface area contributed by atoms with Crippen LogP contribution in [0.1, 0.15) is 36.4 Å². The minimum absolute atomic E-state index is 0.0335. The third kappa shape index (κ3) is 6.15. The quantitative estimate of drug-likeness (QED) is 0.688. The molecule has 6 nitrogen and oxygen atoms in total. The highest BCUT2D eigenvalue weighted by Crippen LogP contribution is 2.22. The number of rotatable bonds is 8. The van der Waals surface area contributed by atoms with Crippen molar-refractivity contribution in [1.82, 2.24) is 5.32 Å². The number of hydrogen-bond acceptors (Lipinski definition) is 6. The number of carbonyl (C=O) groups excluding carboxylic acids is 3. The van der Waals surface area contributed by atoms with Crippen LogP contribution in [0.3, 0.4) is 0 Å². The van der Waals surface area contributed by atoms with Gasteiger partial charge in [-0.05, 0) is 48.3 Å². The number of nitrogens with one attached hydrogen (secondary N) is 1. The SMILES string of the molecule is CCOC(=O)CC[C@H](NC(=O)c1ccc(Br)s1)C(=O)OCC. The highest BCUT2D eigenvalue weighted by molar-refractivity contribution is 9.11. The summed E-state index contributed by atoms with van der Waals surface area (Å²) in [5.41, 5.74) is 0. The van der Waals surface area contributed by atoms with Crippen LogP contribution in [-0.4, -0.2) is 37.1 Å². The van der Waals surface area contributed by atoms with Gasteiger partial charge in [-0.3, -0.25) is 9.59 Å². The van der Waals surface area contributed by atoms with Crippen molar-refractivity contribution in [2.75, 3.05) is 13.2 Å². The van der Waals surface area contributed by atoms with E-state index in [1.807, 2.05) is 0 Å². The van der Waals surface area contributed by atoms with Gasteiger partial charge >= 0.3 is 11.9 Å². The van der Waals surface area contributed by atoms with Gasteiger partial charge in [0.25, 0.3) is 5.91 Å². The summed E-state index contributed by atoms with van der Waals surface area (Å²) in [5.74, 6) is -1.35. The van der Waals surface area contributed by atoms with Crippen molar-refractivity contribution in [1.29, 1.82) is 0 Å². The first-order valence-electron chi connectivity index (χ1n) is 6.86. The molecule has 8 heteroatoms. The first-order chi connectivity index (χ1) is 10.5. The maximum Gasteiger partial charge on any atom is 0.328 e. The van der Waals surface area contributed by atoms with Gasteiger partial charge < -0.3 is 14.8 Å². The molecular formula is C14H18BrNO5S. The molecule has 1 aromatic rings. The van der Waals surface area contributed by atoms with Crippen LogP contribution >= 0.6 is 27.3 Å². The molecule has 1 atom stereocenters. The number of halogens is 1. The number of hydrogen-bond donors (Lipinski definition) is 1. The molecule has 0 saturated carbocycles. The van der Waals surface area contributed by atoms with E-state index < -0.39 is 18.0 Å². The van der Waals surface area contributed by atoms with E-state index in [0.717, 1.165) is 3.79 Å². The van der Waals surface area contributed by atoms with Crippen LogP contribution in [0.5, 0.6) is 0 Å². The number of thiophene rings is 1. The van der Waals surface area contributed by atoms with E-state index in [4.69, 9.17) is 9.47 Å². The fourth-order valence-corrected chi connectivity index (χ4v) is 2.94. The Balaban J connectivity index is 2.66. The van der Waals surface area contributed by atoms with Crippen molar-refractivity contribution >= 4 is 45.1 Å². The summed E-state index contributed by atoms with van der Waals surface area (Å²) in [6.07, 6.45) is 0.168. The van der Waals surface area contributed by atoms with Crippen molar-refractivity contribution in [3.63, 3.8) is 0 Å². The van der Waals surface area contributed by atoms with Crippen LogP contribution in [0, 0.1) is 0 Å². The standard InChI is InChI=1S/C14H18BrNO5S/c1-3-20-12(17)8-5-9(14(19)21-4-2)16-13(18)10-6-7-11(15)22-10/h6-7,9H,3-5,8H2,1-2H3,(H,16,18)/t9-/m0/s1. The maximum atomic E-state index is 12.1. The second-order valence-corrected chi connectivity index (χ2v) is 6.69. The van der Waals surface area contributed by atoms with E-state index in [2.05, 4.69) is 21.2 Å². The van der Waals surface area contributed by atoms with E-state index in [-0.39, 0.29) is 32.0 Å². The van der Waals surface area contributed by atoms with Gasteiger partial charge in [0.15, 0.2) is 0 Å². The Morgan fingerprint density at radius 1 is 1.23 bits per heavy atom. The zero-order valence-corrected chi connectivity index (χ0v) is 14.8. The Hall–Kier alpha value is -1.41. The number of carbonyl (C=O) groups is 3. The van der Waals surface area contributed by atoms with Crippen molar-refractivity contribution < 1.29 is 23.9 Å². The lowest BCUT2D eigenvalue weighted by atomic mass is 10.1. The summed E-state index contributed by atoms with van der Waals surface area (Å²) in [7, 11) is 0. The van der Waals surface area contributed by atoms with E-state index in [1.54, 1.807) is 26.0 Å². The summed E-state index contributed by atoms with van der Waals surface area (Å²) in [6.45, 7) is 3.86. The second kappa shape index (κ2) is 9.58. The summed E-state index contributed by atoms with van der Waals surface area (Å²) >= 11 is 4.53. The largest absolute Gasteiger partial charge is 0.466 e. The third-order valence-corrected chi connectivity index (χ3v) is 4.24. The van der Waals surface area contributed by atoms with Crippen molar-refractivity contribution in [3.8, 4) is 0 Å². The minimum atomic E-state index is -0.877. The molecule has 0 unspecified atom stereocenters. The average molecular weight is 392 g/mol. The predicted molar refractivity (Wildman–Crippen MR) is 85.8 cm³/mol. The Kier molecular flexibility index (Phi) is 8.11. The Morgan fingerprint density at radius 3 is 2.45 bits per heavy atom. The predicted octanol–water partition coefficient (Wildman–Crippen LogP) is 2.52. The lowest BCUT2D eigenvalue weighted by Gasteiger charge is -2.16. The molecule has 1 N–H and O–H groups in total. The molecule has 22 heavy (non-hydrogen) atoms. The fourth-order valence-electron chi connectivity index (χ4n) is 1.65. The fraction of sp³-hybridized carbons (Fsp3) is 0.500. The summed E-state index contributed by atoms with van der Waals surface area (Å²) < 4.78 is 10.6. The molecule has 0 spiro atoms. The Labute approximate surface area is 141 Å². The molecule has 1 heterocycles. The topological polar surface area (TPSA) is 81.7 Å². The van der Waals surface area contributed by atoms with Crippen LogP contribution < -0.4 is 5.32 Å². The van der Waals surface area contributed by atoms with Crippen LogP contribution in [0.15, 0.2) is 15.9 Å². The lowest BCUT2D eigenvalue weighted by molar-refractivity contribution is -0.146. The lowest BCUT2D eigenvalue weighted by Crippen LogP contribution is -2.42. The molecule has 1 amide bonds. The molecule has 0 aliphatic rings. The van der Waals surface area contributed by atoms with Gasteiger partial charge in [-0.25, -0.2) is 4.79 Å². The van der Waals surface area contributed by atoms with Gasteiger partial charge in [0.2, 0.25) is 0 Å². The van der Waals surface area contributed by atoms with Gasteiger partial charge in [-0.2, -0.15) is 0 Å². The molecule has 0 radical (unpaired) electrons. The minimum Gasteiger partial charge on any atom is -0.466 e. The average Bonchev–Trinajstić information content (AvgIpc) is 2.90. The molecule has 122 valence electrons. The molecule has 0 bridgehead atoms. The Morgan fingerprint density at radius 2 is 1.91 bits per heavy atom. The van der Waals surface area contributed by atoms with Crippen LogP contribution in [0.2, 0.25) is 0 Å². The van der Waals surface area contributed by atoms with Gasteiger partial charge in [0, 0.05) is 6.42 Å². The van der Waals surface area contributed by atoms with Crippen molar-refractivity contribution in [2.24, 2.45) is 0 Å². The Bertz CT molecular complexity index is 531. The van der Waals surface area contributed by atoms with Gasteiger partial charge in [0.1, 0.15) is 6.04 Å². The van der Waals surface area contributed by atoms with E-state index in [1.165, 1.54) is 11.3 Å². The highest BCUT2D eigenvalue weighted by atomic mass is 79.9. The molecule has 0 fully saturated rings. The molecule has 0 aromatic carbocycles. The van der Waals surface area contributed by atoms with Gasteiger partial charge in [0.05, 0.1) is 21.9 Å². The molecule has 0 aliphatic heterocycles. The second-order valence-electron chi connectivity index (χ2n) is 4.23. The highest BCUT2D eigenvalue weighted by Gasteiger charge is 2.24. The zero-order chi connectivity index (χ0) is 16.5. The third-order valence-electron chi connectivity index (χ3n) is 2.62. The van der Waals surface area contributed by atoms with E-state index in [0.29, 0.717) is 4.88 Å². The van der Waals surface area contributed by atoms with Crippen LogP contribution in [0.25, 0.3) is 0 Å². The first kappa shape index (κ1) is 18.6. The van der Waals surface area contributed by atoms with Crippen molar-refractivity contribution in [3.05, 3.63) is 20.8 Å². The summed E-state index contributed by atoms with van der Waals surface area (Å²) in [5, 5.41) is 2.60. The number of esters is 2. The van der Waals surface area contributed by atoms with Gasteiger partial charge in [-0.1, -0.05) is 0 Å². The smallest absolute Gasteiger partial charge is 0.328 e.